The van der Waals surface area contributed by atoms with Gasteiger partial charge in [0.25, 0.3) is 0 Å². The van der Waals surface area contributed by atoms with Gasteiger partial charge >= 0.3 is 0 Å². The zero-order valence-corrected chi connectivity index (χ0v) is 9.72. The first kappa shape index (κ1) is 9.54. The topological polar surface area (TPSA) is 20.7 Å². The van der Waals surface area contributed by atoms with Crippen molar-refractivity contribution >= 4 is 21.8 Å². The van der Waals surface area contributed by atoms with E-state index in [9.17, 15) is 0 Å². The third kappa shape index (κ3) is 1.29. The molecular formula is C16H11N2. The first-order chi connectivity index (χ1) is 8.92. The van der Waals surface area contributed by atoms with Gasteiger partial charge in [0.1, 0.15) is 5.82 Å². The van der Waals surface area contributed by atoms with Crippen LogP contribution in [0.2, 0.25) is 0 Å². The van der Waals surface area contributed by atoms with Gasteiger partial charge in [-0.3, -0.25) is 0 Å². The molecule has 4 rings (SSSR count). The van der Waals surface area contributed by atoms with E-state index in [2.05, 4.69) is 58.1 Å². The number of nitrogens with zero attached hydrogens (tertiary/aromatic N) is 1. The molecular weight excluding hydrogens is 220 g/mol. The molecule has 18 heavy (non-hydrogen) atoms. The molecule has 0 unspecified atom stereocenters. The van der Waals surface area contributed by atoms with Gasteiger partial charge in [-0.15, -0.1) is 0 Å². The Labute approximate surface area is 104 Å². The van der Waals surface area contributed by atoms with E-state index in [0.717, 1.165) is 16.7 Å². The van der Waals surface area contributed by atoms with Crippen molar-refractivity contribution in [2.24, 2.45) is 0 Å². The Balaban J connectivity index is 2.01. The number of hydrogen-bond donors (Lipinski definition) is 1. The summed E-state index contributed by atoms with van der Waals surface area (Å²) in [6.45, 7) is 0. The van der Waals surface area contributed by atoms with E-state index in [1.54, 1.807) is 0 Å². The highest BCUT2D eigenvalue weighted by atomic mass is 15.1. The second-order valence-electron chi connectivity index (χ2n) is 4.40. The Bertz CT molecular complexity index is 803. The highest BCUT2D eigenvalue weighted by molar-refractivity contribution is 5.85. The summed E-state index contributed by atoms with van der Waals surface area (Å²) in [5.74, 6) is 1.08. The van der Waals surface area contributed by atoms with Gasteiger partial charge in [0.2, 0.25) is 0 Å². The van der Waals surface area contributed by atoms with E-state index >= 15 is 0 Å². The summed E-state index contributed by atoms with van der Waals surface area (Å²) < 4.78 is 2.13. The number of para-hydroxylation sites is 2. The van der Waals surface area contributed by atoms with Gasteiger partial charge < -0.3 is 9.55 Å². The maximum absolute atomic E-state index is 3.43. The fourth-order valence-corrected chi connectivity index (χ4v) is 2.40. The molecule has 1 N–H and O–H groups in total. The van der Waals surface area contributed by atoms with E-state index in [1.807, 2.05) is 18.3 Å². The van der Waals surface area contributed by atoms with E-state index in [1.165, 1.54) is 10.9 Å². The molecule has 0 amide bonds. The van der Waals surface area contributed by atoms with Gasteiger partial charge in [-0.25, -0.2) is 0 Å². The molecule has 4 aromatic rings. The zero-order valence-electron chi connectivity index (χ0n) is 9.72. The number of nitrogens with one attached hydrogen (secondary N) is 1. The largest absolute Gasteiger partial charge is 0.341 e. The van der Waals surface area contributed by atoms with Crippen molar-refractivity contribution in [2.75, 3.05) is 0 Å². The van der Waals surface area contributed by atoms with E-state index in [4.69, 9.17) is 0 Å². The molecule has 2 nitrogen and oxygen atoms in total. The summed E-state index contributed by atoms with van der Waals surface area (Å²) in [7, 11) is 0. The Morgan fingerprint density at radius 3 is 2.72 bits per heavy atom. The van der Waals surface area contributed by atoms with Gasteiger partial charge in [-0.1, -0.05) is 36.4 Å². The van der Waals surface area contributed by atoms with Crippen LogP contribution in [0.5, 0.6) is 0 Å². The van der Waals surface area contributed by atoms with Crippen LogP contribution in [0, 0.1) is 6.07 Å². The molecule has 0 fully saturated rings. The quantitative estimate of drug-likeness (QED) is 0.512. The molecule has 2 aromatic carbocycles. The Morgan fingerprint density at radius 1 is 0.944 bits per heavy atom. The molecule has 0 saturated carbocycles. The number of aromatic nitrogens is 2. The summed E-state index contributed by atoms with van der Waals surface area (Å²) in [4.78, 5) is 3.43. The summed E-state index contributed by atoms with van der Waals surface area (Å²) in [6.07, 6.45) is 1.98. The standard InChI is InChI=1S/C16H11N2/c1-3-7-14-13(6-1)11-16(17-14)18-10-9-12-5-2-4-8-15(12)18/h1-8,10-11,17H. The van der Waals surface area contributed by atoms with E-state index < -0.39 is 0 Å². The molecule has 2 heterocycles. The van der Waals surface area contributed by atoms with Crippen molar-refractivity contribution in [1.82, 2.24) is 9.55 Å². The lowest BCUT2D eigenvalue weighted by molar-refractivity contribution is 1.07. The molecule has 2 heteroatoms. The molecule has 0 atom stereocenters. The van der Waals surface area contributed by atoms with Gasteiger partial charge in [-0.05, 0) is 18.2 Å². The van der Waals surface area contributed by atoms with Crippen LogP contribution in [-0.4, -0.2) is 9.55 Å². The van der Waals surface area contributed by atoms with Gasteiger partial charge in [0.05, 0.1) is 5.52 Å². The summed E-state index contributed by atoms with van der Waals surface area (Å²) in [5, 5.41) is 2.36. The summed E-state index contributed by atoms with van der Waals surface area (Å²) in [6, 6.07) is 22.0. The van der Waals surface area contributed by atoms with Crippen molar-refractivity contribution < 1.29 is 0 Å². The van der Waals surface area contributed by atoms with Crippen LogP contribution in [-0.2, 0) is 0 Å². The number of rotatable bonds is 1. The van der Waals surface area contributed by atoms with Crippen LogP contribution in [0.15, 0.2) is 60.8 Å². The first-order valence-electron chi connectivity index (χ1n) is 5.98. The average molecular weight is 231 g/mol. The van der Waals surface area contributed by atoms with Crippen LogP contribution in [0.25, 0.3) is 27.6 Å². The van der Waals surface area contributed by atoms with Crippen molar-refractivity contribution in [1.29, 1.82) is 0 Å². The Morgan fingerprint density at radius 2 is 1.78 bits per heavy atom. The third-order valence-electron chi connectivity index (χ3n) is 3.29. The first-order valence-corrected chi connectivity index (χ1v) is 5.98. The van der Waals surface area contributed by atoms with Crippen molar-refractivity contribution in [3.8, 4) is 5.82 Å². The summed E-state index contributed by atoms with van der Waals surface area (Å²) in [5.41, 5.74) is 2.33. The lowest BCUT2D eigenvalue weighted by Gasteiger charge is -2.01. The van der Waals surface area contributed by atoms with E-state index in [0.29, 0.717) is 0 Å². The monoisotopic (exact) mass is 231 g/mol. The van der Waals surface area contributed by atoms with Gasteiger partial charge in [-0.2, -0.15) is 0 Å². The van der Waals surface area contributed by atoms with Gasteiger partial charge in [0.15, 0.2) is 0 Å². The van der Waals surface area contributed by atoms with Crippen LogP contribution >= 0.6 is 0 Å². The Kier molecular flexibility index (Phi) is 1.86. The van der Waals surface area contributed by atoms with Gasteiger partial charge in [0, 0.05) is 28.6 Å². The Hall–Kier alpha value is -2.48. The maximum atomic E-state index is 3.43. The fourth-order valence-electron chi connectivity index (χ4n) is 2.40. The predicted octanol–water partition coefficient (Wildman–Crippen LogP) is 3.91. The fraction of sp³-hybridized carbons (Fsp3) is 0. The molecule has 85 valence electrons. The van der Waals surface area contributed by atoms with Crippen LogP contribution in [0.1, 0.15) is 0 Å². The smallest absolute Gasteiger partial charge is 0.115 e. The second-order valence-corrected chi connectivity index (χ2v) is 4.40. The lowest BCUT2D eigenvalue weighted by atomic mass is 10.2. The highest BCUT2D eigenvalue weighted by Crippen LogP contribution is 2.22. The van der Waals surface area contributed by atoms with Crippen LogP contribution in [0.3, 0.4) is 0 Å². The minimum absolute atomic E-state index is 1.08. The lowest BCUT2D eigenvalue weighted by Crippen LogP contribution is -1.90. The normalized spacial score (nSPS) is 11.3. The SMILES string of the molecule is [c]1cn(-c2cc3ccccc3[nH]2)c2ccccc12. The van der Waals surface area contributed by atoms with Crippen LogP contribution < -0.4 is 0 Å². The second kappa shape index (κ2) is 3.50. The number of fused-ring (bicyclic) bond motifs is 2. The highest BCUT2D eigenvalue weighted by Gasteiger charge is 2.05. The summed E-state index contributed by atoms with van der Waals surface area (Å²) >= 11 is 0. The number of hydrogen-bond acceptors (Lipinski definition) is 0. The number of H-pyrrole nitrogens is 1. The number of benzene rings is 2. The molecule has 0 aliphatic carbocycles. The zero-order chi connectivity index (χ0) is 11.9. The molecule has 0 aliphatic rings. The third-order valence-corrected chi connectivity index (χ3v) is 3.29. The molecule has 0 saturated heterocycles. The van der Waals surface area contributed by atoms with Crippen molar-refractivity contribution in [3.63, 3.8) is 0 Å². The minimum atomic E-state index is 1.08. The molecule has 0 bridgehead atoms. The molecule has 0 aliphatic heterocycles. The predicted molar refractivity (Wildman–Crippen MR) is 74.0 cm³/mol. The minimum Gasteiger partial charge on any atom is -0.341 e. The maximum Gasteiger partial charge on any atom is 0.115 e. The van der Waals surface area contributed by atoms with Crippen molar-refractivity contribution in [2.45, 2.75) is 0 Å². The number of aromatic amines is 1. The molecule has 1 radical (unpaired) electrons. The average Bonchev–Trinajstić information content (AvgIpc) is 3.02. The molecule has 0 spiro atoms. The van der Waals surface area contributed by atoms with E-state index in [-0.39, 0.29) is 0 Å². The molecule has 2 aromatic heterocycles. The van der Waals surface area contributed by atoms with Crippen LogP contribution in [0.4, 0.5) is 0 Å². The van der Waals surface area contributed by atoms with Crippen molar-refractivity contribution in [3.05, 3.63) is 66.9 Å².